The van der Waals surface area contributed by atoms with Crippen LogP contribution in [0.1, 0.15) is 12.8 Å². The molecule has 0 saturated carbocycles. The summed E-state index contributed by atoms with van der Waals surface area (Å²) < 4.78 is 5.47. The van der Waals surface area contributed by atoms with Gasteiger partial charge in [0.2, 0.25) is 0 Å². The summed E-state index contributed by atoms with van der Waals surface area (Å²) in [6, 6.07) is 11.2. The third-order valence-corrected chi connectivity index (χ3v) is 4.64. The van der Waals surface area contributed by atoms with Gasteiger partial charge in [0, 0.05) is 37.7 Å². The monoisotopic (exact) mass is 359 g/mol. The number of benzene rings is 1. The number of aromatic nitrogens is 1. The number of hydrogen-bond donors (Lipinski definition) is 1. The lowest BCUT2D eigenvalue weighted by molar-refractivity contribution is -0.123. The fourth-order valence-corrected chi connectivity index (χ4v) is 3.23. The second kappa shape index (κ2) is 8.72. The van der Waals surface area contributed by atoms with E-state index >= 15 is 0 Å². The molecule has 0 aliphatic carbocycles. The van der Waals surface area contributed by atoms with Crippen molar-refractivity contribution in [3.05, 3.63) is 53.8 Å². The van der Waals surface area contributed by atoms with Gasteiger partial charge >= 0.3 is 0 Å². The maximum Gasteiger partial charge on any atom is 0.257 e. The molecule has 1 fully saturated rings. The molecule has 1 aliphatic rings. The van der Waals surface area contributed by atoms with Crippen molar-refractivity contribution in [2.24, 2.45) is 5.92 Å². The smallest absolute Gasteiger partial charge is 0.257 e. The van der Waals surface area contributed by atoms with Gasteiger partial charge in [0.05, 0.1) is 5.02 Å². The van der Waals surface area contributed by atoms with E-state index in [9.17, 15) is 4.79 Å². The van der Waals surface area contributed by atoms with E-state index in [0.717, 1.165) is 25.9 Å². The van der Waals surface area contributed by atoms with Crippen LogP contribution in [0.15, 0.2) is 48.8 Å². The normalized spacial score (nSPS) is 17.2. The number of ether oxygens (including phenoxy) is 1. The maximum atomic E-state index is 12.0. The lowest BCUT2D eigenvalue weighted by atomic mass is 9.97. The largest absolute Gasteiger partial charge is 0.482 e. The maximum absolute atomic E-state index is 12.0. The fourth-order valence-electron chi connectivity index (χ4n) is 3.04. The second-order valence-electron chi connectivity index (χ2n) is 6.18. The molecule has 1 amide bonds. The van der Waals surface area contributed by atoms with Gasteiger partial charge in [-0.25, -0.2) is 0 Å². The molecule has 1 unspecified atom stereocenters. The molecule has 0 spiro atoms. The standard InChI is InChI=1S/C19H22ClN3O2/c20-17-5-1-2-6-18(17)25-14-19(24)22-12-15-4-3-11-23(13-15)16-7-9-21-10-8-16/h1-2,5-10,15H,3-4,11-14H2,(H,22,24). The third kappa shape index (κ3) is 5.10. The summed E-state index contributed by atoms with van der Waals surface area (Å²) in [5, 5.41) is 3.48. The predicted molar refractivity (Wildman–Crippen MR) is 99.1 cm³/mol. The SMILES string of the molecule is O=C(COc1ccccc1Cl)NCC1CCCN(c2ccncc2)C1. The summed E-state index contributed by atoms with van der Waals surface area (Å²) in [7, 11) is 0. The molecule has 2 heterocycles. The van der Waals surface area contributed by atoms with Crippen molar-refractivity contribution in [3.8, 4) is 5.75 Å². The van der Waals surface area contributed by atoms with Gasteiger partial charge in [-0.05, 0) is 43.0 Å². The van der Waals surface area contributed by atoms with Crippen LogP contribution in [0, 0.1) is 5.92 Å². The van der Waals surface area contributed by atoms with Gasteiger partial charge in [-0.15, -0.1) is 0 Å². The Hall–Kier alpha value is -2.27. The Morgan fingerprint density at radius 2 is 2.08 bits per heavy atom. The van der Waals surface area contributed by atoms with Crippen LogP contribution in [0.2, 0.25) is 5.02 Å². The Kier molecular flexibility index (Phi) is 6.12. The van der Waals surface area contributed by atoms with E-state index in [-0.39, 0.29) is 12.5 Å². The molecular formula is C19H22ClN3O2. The first kappa shape index (κ1) is 17.5. The van der Waals surface area contributed by atoms with Gasteiger partial charge in [-0.1, -0.05) is 23.7 Å². The van der Waals surface area contributed by atoms with Crippen LogP contribution >= 0.6 is 11.6 Å². The molecule has 25 heavy (non-hydrogen) atoms. The van der Waals surface area contributed by atoms with Crippen LogP contribution in [-0.4, -0.2) is 37.1 Å². The lowest BCUT2D eigenvalue weighted by Crippen LogP contribution is -2.42. The molecule has 1 aromatic carbocycles. The van der Waals surface area contributed by atoms with Crippen molar-refractivity contribution >= 4 is 23.2 Å². The molecule has 0 radical (unpaired) electrons. The Labute approximate surface area is 153 Å². The van der Waals surface area contributed by atoms with Crippen LogP contribution in [0.3, 0.4) is 0 Å². The van der Waals surface area contributed by atoms with Crippen molar-refractivity contribution in [2.45, 2.75) is 12.8 Å². The van der Waals surface area contributed by atoms with E-state index in [0.29, 0.717) is 23.2 Å². The number of anilines is 1. The van der Waals surface area contributed by atoms with Crippen molar-refractivity contribution in [2.75, 3.05) is 31.1 Å². The van der Waals surface area contributed by atoms with Gasteiger partial charge in [-0.2, -0.15) is 0 Å². The lowest BCUT2D eigenvalue weighted by Gasteiger charge is -2.34. The molecule has 2 aromatic rings. The van der Waals surface area contributed by atoms with Gasteiger partial charge < -0.3 is 15.0 Å². The summed E-state index contributed by atoms with van der Waals surface area (Å²) in [5.74, 6) is 0.841. The molecule has 1 atom stereocenters. The van der Waals surface area contributed by atoms with E-state index in [1.807, 2.05) is 36.7 Å². The molecule has 3 rings (SSSR count). The summed E-state index contributed by atoms with van der Waals surface area (Å²) >= 11 is 6.01. The number of nitrogens with zero attached hydrogens (tertiary/aromatic N) is 2. The summed E-state index contributed by atoms with van der Waals surface area (Å²) in [6.07, 6.45) is 5.87. The van der Waals surface area contributed by atoms with E-state index in [4.69, 9.17) is 16.3 Å². The topological polar surface area (TPSA) is 54.5 Å². The van der Waals surface area contributed by atoms with Gasteiger partial charge in [0.1, 0.15) is 5.75 Å². The number of amides is 1. The zero-order chi connectivity index (χ0) is 17.5. The minimum absolute atomic E-state index is 0.0233. The number of halogens is 1. The highest BCUT2D eigenvalue weighted by atomic mass is 35.5. The molecule has 132 valence electrons. The zero-order valence-corrected chi connectivity index (χ0v) is 14.8. The van der Waals surface area contributed by atoms with Crippen LogP contribution < -0.4 is 15.0 Å². The predicted octanol–water partition coefficient (Wildman–Crippen LogP) is 3.15. The summed E-state index contributed by atoms with van der Waals surface area (Å²) in [4.78, 5) is 18.4. The van der Waals surface area contributed by atoms with Crippen LogP contribution in [0.4, 0.5) is 5.69 Å². The number of rotatable bonds is 6. The second-order valence-corrected chi connectivity index (χ2v) is 6.59. The molecular weight excluding hydrogens is 338 g/mol. The van der Waals surface area contributed by atoms with Crippen LogP contribution in [-0.2, 0) is 4.79 Å². The third-order valence-electron chi connectivity index (χ3n) is 4.33. The first-order valence-corrected chi connectivity index (χ1v) is 8.89. The number of pyridine rings is 1. The minimum atomic E-state index is -0.124. The first-order valence-electron chi connectivity index (χ1n) is 8.51. The highest BCUT2D eigenvalue weighted by Gasteiger charge is 2.20. The fraction of sp³-hybridized carbons (Fsp3) is 0.368. The quantitative estimate of drug-likeness (QED) is 0.860. The average Bonchev–Trinajstić information content (AvgIpc) is 2.67. The Morgan fingerprint density at radius 3 is 2.88 bits per heavy atom. The Bertz CT molecular complexity index is 696. The van der Waals surface area contributed by atoms with Crippen molar-refractivity contribution < 1.29 is 9.53 Å². The average molecular weight is 360 g/mol. The minimum Gasteiger partial charge on any atom is -0.482 e. The molecule has 1 N–H and O–H groups in total. The van der Waals surface area contributed by atoms with E-state index in [2.05, 4.69) is 15.2 Å². The van der Waals surface area contributed by atoms with Gasteiger partial charge in [0.25, 0.3) is 5.91 Å². The highest BCUT2D eigenvalue weighted by molar-refractivity contribution is 6.32. The van der Waals surface area contributed by atoms with E-state index < -0.39 is 0 Å². The first-order chi connectivity index (χ1) is 12.2. The molecule has 1 saturated heterocycles. The number of piperidine rings is 1. The van der Waals surface area contributed by atoms with E-state index in [1.165, 1.54) is 5.69 Å². The number of para-hydroxylation sites is 1. The summed E-state index contributed by atoms with van der Waals surface area (Å²) in [5.41, 5.74) is 1.19. The zero-order valence-electron chi connectivity index (χ0n) is 14.0. The molecule has 1 aromatic heterocycles. The molecule has 6 heteroatoms. The van der Waals surface area contributed by atoms with Gasteiger partial charge in [0.15, 0.2) is 6.61 Å². The van der Waals surface area contributed by atoms with Crippen molar-refractivity contribution in [1.29, 1.82) is 0 Å². The number of carbonyl (C=O) groups excluding carboxylic acids is 1. The Morgan fingerprint density at radius 1 is 1.28 bits per heavy atom. The van der Waals surface area contributed by atoms with Crippen molar-refractivity contribution in [3.63, 3.8) is 0 Å². The Balaban J connectivity index is 1.43. The highest BCUT2D eigenvalue weighted by Crippen LogP contribution is 2.23. The van der Waals surface area contributed by atoms with Crippen LogP contribution in [0.5, 0.6) is 5.75 Å². The number of hydrogen-bond acceptors (Lipinski definition) is 4. The molecule has 1 aliphatic heterocycles. The van der Waals surface area contributed by atoms with Crippen molar-refractivity contribution in [1.82, 2.24) is 10.3 Å². The molecule has 5 nitrogen and oxygen atoms in total. The number of nitrogens with one attached hydrogen (secondary N) is 1. The van der Waals surface area contributed by atoms with E-state index in [1.54, 1.807) is 12.1 Å². The van der Waals surface area contributed by atoms with Crippen LogP contribution in [0.25, 0.3) is 0 Å². The van der Waals surface area contributed by atoms with Gasteiger partial charge in [-0.3, -0.25) is 9.78 Å². The number of carbonyl (C=O) groups is 1. The summed E-state index contributed by atoms with van der Waals surface area (Å²) in [6.45, 7) is 2.62. The molecule has 0 bridgehead atoms.